The van der Waals surface area contributed by atoms with Gasteiger partial charge in [-0.15, -0.1) is 0 Å². The number of nitrogens with one attached hydrogen (secondary N) is 1. The number of aromatic nitrogens is 2. The highest BCUT2D eigenvalue weighted by Crippen LogP contribution is 2.32. The van der Waals surface area contributed by atoms with E-state index in [1.807, 2.05) is 11.0 Å². The number of nitrogens with zero attached hydrogens (tertiary/aromatic N) is 3. The van der Waals surface area contributed by atoms with Crippen molar-refractivity contribution in [2.24, 2.45) is 0 Å². The van der Waals surface area contributed by atoms with Crippen LogP contribution in [0.3, 0.4) is 0 Å². The molecular formula is C11H13IN4O. The molecular weight excluding hydrogens is 331 g/mol. The maximum Gasteiger partial charge on any atom is 0.237 e. The minimum absolute atomic E-state index is 0.0405. The second kappa shape index (κ2) is 5.49. The van der Waals surface area contributed by atoms with Crippen molar-refractivity contribution in [1.29, 1.82) is 5.26 Å². The number of nitriles is 1. The SMILES string of the molecule is N#CCC(=O)N1CCCCC1c1[nH]ncc1I. The fourth-order valence-electron chi connectivity index (χ4n) is 2.21. The predicted molar refractivity (Wildman–Crippen MR) is 69.8 cm³/mol. The van der Waals surface area contributed by atoms with Gasteiger partial charge in [0.05, 0.1) is 27.6 Å². The van der Waals surface area contributed by atoms with Crippen molar-refractivity contribution < 1.29 is 4.79 Å². The molecule has 5 nitrogen and oxygen atoms in total. The molecule has 1 amide bonds. The van der Waals surface area contributed by atoms with Gasteiger partial charge in [-0.2, -0.15) is 10.4 Å². The molecule has 1 atom stereocenters. The first-order chi connectivity index (χ1) is 8.24. The van der Waals surface area contributed by atoms with Crippen LogP contribution in [0.5, 0.6) is 0 Å². The molecule has 90 valence electrons. The van der Waals surface area contributed by atoms with Gasteiger partial charge in [0.2, 0.25) is 5.91 Å². The summed E-state index contributed by atoms with van der Waals surface area (Å²) in [5.74, 6) is -0.0809. The van der Waals surface area contributed by atoms with Gasteiger partial charge in [-0.25, -0.2) is 0 Å². The highest BCUT2D eigenvalue weighted by molar-refractivity contribution is 14.1. The number of aromatic amines is 1. The normalized spacial score (nSPS) is 20.0. The molecule has 6 heteroatoms. The molecule has 1 aromatic heterocycles. The number of carbonyl (C=O) groups excluding carboxylic acids is 1. The van der Waals surface area contributed by atoms with E-state index >= 15 is 0 Å². The van der Waals surface area contributed by atoms with Crippen LogP contribution in [0, 0.1) is 14.9 Å². The van der Waals surface area contributed by atoms with Crippen molar-refractivity contribution in [3.8, 4) is 6.07 Å². The number of carbonyl (C=O) groups is 1. The Morgan fingerprint density at radius 2 is 2.53 bits per heavy atom. The second-order valence-corrected chi connectivity index (χ2v) is 5.23. The van der Waals surface area contributed by atoms with Gasteiger partial charge in [-0.3, -0.25) is 9.89 Å². The first-order valence-electron chi connectivity index (χ1n) is 5.59. The van der Waals surface area contributed by atoms with E-state index in [9.17, 15) is 4.79 Å². The molecule has 17 heavy (non-hydrogen) atoms. The van der Waals surface area contributed by atoms with Crippen LogP contribution in [0.4, 0.5) is 0 Å². The van der Waals surface area contributed by atoms with Gasteiger partial charge >= 0.3 is 0 Å². The Morgan fingerprint density at radius 3 is 3.18 bits per heavy atom. The predicted octanol–water partition coefficient (Wildman–Crippen LogP) is 1.98. The largest absolute Gasteiger partial charge is 0.333 e. The van der Waals surface area contributed by atoms with Crippen LogP contribution >= 0.6 is 22.6 Å². The number of likely N-dealkylation sites (tertiary alicyclic amines) is 1. The number of hydrogen-bond acceptors (Lipinski definition) is 3. The molecule has 1 saturated heterocycles. The minimum Gasteiger partial charge on any atom is -0.333 e. The smallest absolute Gasteiger partial charge is 0.237 e. The third kappa shape index (κ3) is 2.60. The molecule has 1 unspecified atom stereocenters. The van der Waals surface area contributed by atoms with Crippen LogP contribution < -0.4 is 0 Å². The molecule has 1 N–H and O–H groups in total. The van der Waals surface area contributed by atoms with Crippen molar-refractivity contribution in [3.63, 3.8) is 0 Å². The lowest BCUT2D eigenvalue weighted by molar-refractivity contribution is -0.134. The lowest BCUT2D eigenvalue weighted by Crippen LogP contribution is -2.38. The van der Waals surface area contributed by atoms with Crippen molar-refractivity contribution in [2.45, 2.75) is 31.7 Å². The Morgan fingerprint density at radius 1 is 1.71 bits per heavy atom. The van der Waals surface area contributed by atoms with Crippen molar-refractivity contribution in [2.75, 3.05) is 6.54 Å². The van der Waals surface area contributed by atoms with Crippen LogP contribution in [0.1, 0.15) is 37.4 Å². The maximum atomic E-state index is 11.9. The molecule has 0 aliphatic carbocycles. The summed E-state index contributed by atoms with van der Waals surface area (Å²) in [5.41, 5.74) is 0.997. The van der Waals surface area contributed by atoms with Gasteiger partial charge in [0, 0.05) is 6.54 Å². The third-order valence-corrected chi connectivity index (χ3v) is 3.87. The van der Waals surface area contributed by atoms with Crippen molar-refractivity contribution in [1.82, 2.24) is 15.1 Å². The fourth-order valence-corrected chi connectivity index (χ4v) is 2.83. The van der Waals surface area contributed by atoms with E-state index in [1.165, 1.54) is 0 Å². The molecule has 0 radical (unpaired) electrons. The van der Waals surface area contributed by atoms with Crippen LogP contribution in [-0.4, -0.2) is 27.5 Å². The van der Waals surface area contributed by atoms with Gasteiger partial charge in [0.1, 0.15) is 6.42 Å². The van der Waals surface area contributed by atoms with E-state index in [-0.39, 0.29) is 18.4 Å². The second-order valence-electron chi connectivity index (χ2n) is 4.07. The van der Waals surface area contributed by atoms with Crippen molar-refractivity contribution >= 4 is 28.5 Å². The number of halogens is 1. The molecule has 1 aliphatic heterocycles. The van der Waals surface area contributed by atoms with Gasteiger partial charge in [-0.1, -0.05) is 0 Å². The van der Waals surface area contributed by atoms with Crippen LogP contribution in [0.15, 0.2) is 6.20 Å². The Kier molecular flexibility index (Phi) is 3.99. The molecule has 2 rings (SSSR count). The van der Waals surface area contributed by atoms with E-state index in [4.69, 9.17) is 5.26 Å². The summed E-state index contributed by atoms with van der Waals surface area (Å²) in [6, 6.07) is 1.98. The average molecular weight is 344 g/mol. The van der Waals surface area contributed by atoms with E-state index in [0.29, 0.717) is 0 Å². The number of amides is 1. The lowest BCUT2D eigenvalue weighted by Gasteiger charge is -2.34. The highest BCUT2D eigenvalue weighted by atomic mass is 127. The van der Waals surface area contributed by atoms with Crippen LogP contribution in [0.25, 0.3) is 0 Å². The van der Waals surface area contributed by atoms with Gasteiger partial charge in [0.25, 0.3) is 0 Å². The summed E-state index contributed by atoms with van der Waals surface area (Å²) >= 11 is 2.22. The maximum absolute atomic E-state index is 11.9. The summed E-state index contributed by atoms with van der Waals surface area (Å²) in [7, 11) is 0. The van der Waals surface area contributed by atoms with E-state index < -0.39 is 0 Å². The number of rotatable bonds is 2. The molecule has 0 spiro atoms. The summed E-state index contributed by atoms with van der Waals surface area (Å²) in [5, 5.41) is 15.6. The van der Waals surface area contributed by atoms with Crippen LogP contribution in [0.2, 0.25) is 0 Å². The van der Waals surface area contributed by atoms with E-state index in [2.05, 4.69) is 32.8 Å². The molecule has 0 saturated carbocycles. The third-order valence-electron chi connectivity index (χ3n) is 3.01. The average Bonchev–Trinajstić information content (AvgIpc) is 2.76. The summed E-state index contributed by atoms with van der Waals surface area (Å²) < 4.78 is 1.05. The monoisotopic (exact) mass is 344 g/mol. The van der Waals surface area contributed by atoms with Crippen LogP contribution in [-0.2, 0) is 4.79 Å². The molecule has 1 aliphatic rings. The number of piperidine rings is 1. The molecule has 1 fully saturated rings. The quantitative estimate of drug-likeness (QED) is 0.834. The Labute approximate surface area is 113 Å². The minimum atomic E-state index is -0.0809. The zero-order valence-electron chi connectivity index (χ0n) is 9.32. The standard InChI is InChI=1S/C11H13IN4O/c12-8-7-14-15-11(8)9-3-1-2-6-16(9)10(17)4-5-13/h7,9H,1-4,6H2,(H,14,15). The summed E-state index contributed by atoms with van der Waals surface area (Å²) in [6.07, 6.45) is 4.78. The molecule has 0 aromatic carbocycles. The van der Waals surface area contributed by atoms with Gasteiger partial charge in [0.15, 0.2) is 0 Å². The molecule has 2 heterocycles. The molecule has 0 bridgehead atoms. The lowest BCUT2D eigenvalue weighted by atomic mass is 9.99. The zero-order chi connectivity index (χ0) is 12.3. The van der Waals surface area contributed by atoms with E-state index in [1.54, 1.807) is 6.20 Å². The van der Waals surface area contributed by atoms with Gasteiger partial charge < -0.3 is 4.90 Å². The summed E-state index contributed by atoms with van der Waals surface area (Å²) in [6.45, 7) is 0.736. The first kappa shape index (κ1) is 12.4. The van der Waals surface area contributed by atoms with E-state index in [0.717, 1.165) is 35.1 Å². The number of H-pyrrole nitrogens is 1. The fraction of sp³-hybridized carbons (Fsp3) is 0.545. The topological polar surface area (TPSA) is 72.8 Å². The summed E-state index contributed by atoms with van der Waals surface area (Å²) in [4.78, 5) is 13.7. The Bertz CT molecular complexity index is 451. The first-order valence-corrected chi connectivity index (χ1v) is 6.67. The number of hydrogen-bond donors (Lipinski definition) is 1. The molecule has 1 aromatic rings. The highest BCUT2D eigenvalue weighted by Gasteiger charge is 2.29. The Hall–Kier alpha value is -1.10. The van der Waals surface area contributed by atoms with Gasteiger partial charge in [-0.05, 0) is 41.9 Å². The van der Waals surface area contributed by atoms with Crippen molar-refractivity contribution in [3.05, 3.63) is 15.5 Å². The zero-order valence-corrected chi connectivity index (χ0v) is 11.5. The Balaban J connectivity index is 2.21.